The second kappa shape index (κ2) is 5.87. The van der Waals surface area contributed by atoms with Gasteiger partial charge in [0.2, 0.25) is 0 Å². The van der Waals surface area contributed by atoms with Gasteiger partial charge in [-0.15, -0.1) is 0 Å². The quantitative estimate of drug-likeness (QED) is 0.445. The minimum Gasteiger partial charge on any atom is -0.258 e. The first kappa shape index (κ1) is 15.1. The summed E-state index contributed by atoms with van der Waals surface area (Å²) in [4.78, 5) is 10.3. The average Bonchev–Trinajstić information content (AvgIpc) is 2.51. The third-order valence-electron chi connectivity index (χ3n) is 5.81. The van der Waals surface area contributed by atoms with Gasteiger partial charge in [0.15, 0.2) is 0 Å². The highest BCUT2D eigenvalue weighted by molar-refractivity contribution is 8.03. The molecule has 0 unspecified atom stereocenters. The van der Waals surface area contributed by atoms with E-state index < -0.39 is 0 Å². The Morgan fingerprint density at radius 1 is 1.09 bits per heavy atom. The van der Waals surface area contributed by atoms with Crippen LogP contribution in [0.15, 0.2) is 24.3 Å². The van der Waals surface area contributed by atoms with Gasteiger partial charge in [0.1, 0.15) is 0 Å². The van der Waals surface area contributed by atoms with Gasteiger partial charge in [0, 0.05) is 23.3 Å². The zero-order chi connectivity index (χ0) is 15.9. The van der Waals surface area contributed by atoms with Crippen LogP contribution in [0.4, 0.5) is 5.69 Å². The molecule has 0 aliphatic heterocycles. The molecule has 0 radical (unpaired) electrons. The van der Waals surface area contributed by atoms with Crippen molar-refractivity contribution in [2.24, 2.45) is 23.2 Å². The van der Waals surface area contributed by atoms with Crippen LogP contribution in [0.1, 0.15) is 44.1 Å². The number of nitrogens with zero attached hydrogens (tertiary/aromatic N) is 1. The van der Waals surface area contributed by atoms with Crippen molar-refractivity contribution in [1.82, 2.24) is 0 Å². The number of thioether (sulfide) groups is 1. The lowest BCUT2D eigenvalue weighted by Gasteiger charge is -2.54. The van der Waals surface area contributed by atoms with Crippen LogP contribution >= 0.6 is 11.8 Å². The van der Waals surface area contributed by atoms with E-state index in [0.29, 0.717) is 5.41 Å². The van der Waals surface area contributed by atoms with E-state index in [9.17, 15) is 10.1 Å². The molecule has 0 heterocycles. The summed E-state index contributed by atoms with van der Waals surface area (Å²) in [7, 11) is 0. The fourth-order valence-corrected chi connectivity index (χ4v) is 5.96. The van der Waals surface area contributed by atoms with Crippen LogP contribution < -0.4 is 0 Å². The minimum absolute atomic E-state index is 0.151. The zero-order valence-electron chi connectivity index (χ0n) is 13.2. The zero-order valence-corrected chi connectivity index (χ0v) is 14.0. The molecular weight excluding hydrogens is 306 g/mol. The molecule has 0 amide bonds. The van der Waals surface area contributed by atoms with E-state index in [0.717, 1.165) is 29.1 Å². The largest absolute Gasteiger partial charge is 0.269 e. The van der Waals surface area contributed by atoms with Gasteiger partial charge in [-0.25, -0.2) is 0 Å². The highest BCUT2D eigenvalue weighted by Crippen LogP contribution is 2.59. The molecule has 4 saturated carbocycles. The molecule has 3 nitrogen and oxygen atoms in total. The number of non-ortho nitro benzene ring substituents is 1. The predicted molar refractivity (Wildman–Crippen MR) is 92.8 cm³/mol. The summed E-state index contributed by atoms with van der Waals surface area (Å²) >= 11 is 1.64. The molecule has 0 aromatic heterocycles. The van der Waals surface area contributed by atoms with E-state index in [4.69, 9.17) is 0 Å². The highest BCUT2D eigenvalue weighted by atomic mass is 32.2. The van der Waals surface area contributed by atoms with Crippen LogP contribution in [-0.2, 0) is 5.75 Å². The first-order chi connectivity index (χ1) is 11.1. The van der Waals surface area contributed by atoms with Crippen molar-refractivity contribution in [1.29, 1.82) is 0 Å². The summed E-state index contributed by atoms with van der Waals surface area (Å²) in [6.07, 6.45) is 8.34. The SMILES string of the molecule is O=[N+]([O-])c1ccc(CSC#CC23CC4CC(CC(C4)C2)C3)cc1. The van der Waals surface area contributed by atoms with Crippen molar-refractivity contribution in [2.75, 3.05) is 0 Å². The molecule has 1 aromatic rings. The van der Waals surface area contributed by atoms with Crippen molar-refractivity contribution in [3.63, 3.8) is 0 Å². The normalized spacial score (nSPS) is 34.0. The molecule has 4 bridgehead atoms. The van der Waals surface area contributed by atoms with Crippen LogP contribution in [0, 0.1) is 44.5 Å². The monoisotopic (exact) mass is 327 g/mol. The van der Waals surface area contributed by atoms with Gasteiger partial charge >= 0.3 is 0 Å². The number of nitro benzene ring substituents is 1. The maximum Gasteiger partial charge on any atom is 0.269 e. The van der Waals surface area contributed by atoms with Crippen LogP contribution in [0.3, 0.4) is 0 Å². The number of hydrogen-bond acceptors (Lipinski definition) is 3. The summed E-state index contributed by atoms with van der Waals surface area (Å²) in [6.45, 7) is 0. The second-order valence-electron chi connectivity index (χ2n) is 7.64. The van der Waals surface area contributed by atoms with Crippen molar-refractivity contribution in [3.05, 3.63) is 39.9 Å². The first-order valence-electron chi connectivity index (χ1n) is 8.49. The van der Waals surface area contributed by atoms with E-state index in [1.54, 1.807) is 23.9 Å². The van der Waals surface area contributed by atoms with Crippen LogP contribution in [0.25, 0.3) is 0 Å². The molecule has 0 N–H and O–H groups in total. The number of rotatable bonds is 3. The molecule has 4 fully saturated rings. The number of nitro groups is 1. The van der Waals surface area contributed by atoms with Crippen LogP contribution in [0.5, 0.6) is 0 Å². The maximum atomic E-state index is 10.7. The molecule has 4 aliphatic carbocycles. The molecule has 23 heavy (non-hydrogen) atoms. The third-order valence-corrected chi connectivity index (χ3v) is 6.54. The first-order valence-corrected chi connectivity index (χ1v) is 9.48. The van der Waals surface area contributed by atoms with Crippen molar-refractivity contribution in [3.8, 4) is 11.2 Å². The molecule has 0 atom stereocenters. The molecular formula is C19H21NO2S. The lowest BCUT2D eigenvalue weighted by molar-refractivity contribution is -0.384. The standard InChI is InChI=1S/C19H21NO2S/c21-20(22)18-3-1-14(2-4-18)13-23-6-5-19-10-15-7-16(11-19)9-17(8-15)12-19/h1-4,15-17H,7-13H2. The Morgan fingerprint density at radius 2 is 1.65 bits per heavy atom. The molecule has 5 rings (SSSR count). The van der Waals surface area contributed by atoms with Crippen molar-refractivity contribution >= 4 is 17.4 Å². The Bertz CT molecular complexity index is 636. The average molecular weight is 327 g/mol. The molecule has 0 saturated heterocycles. The molecule has 0 spiro atoms. The Balaban J connectivity index is 1.37. The molecule has 4 heteroatoms. The summed E-state index contributed by atoms with van der Waals surface area (Å²) in [5.41, 5.74) is 1.57. The Kier molecular flexibility index (Phi) is 3.85. The highest BCUT2D eigenvalue weighted by Gasteiger charge is 2.50. The number of benzene rings is 1. The third kappa shape index (κ3) is 3.12. The minimum atomic E-state index is -0.357. The summed E-state index contributed by atoms with van der Waals surface area (Å²) in [5.74, 6) is 7.25. The Labute approximate surface area is 141 Å². The topological polar surface area (TPSA) is 43.1 Å². The molecule has 1 aromatic carbocycles. The van der Waals surface area contributed by atoms with Gasteiger partial charge in [-0.3, -0.25) is 10.1 Å². The summed E-state index contributed by atoms with van der Waals surface area (Å²) in [6, 6.07) is 6.81. The maximum absolute atomic E-state index is 10.7. The number of hydrogen-bond donors (Lipinski definition) is 0. The van der Waals surface area contributed by atoms with Crippen LogP contribution in [0.2, 0.25) is 0 Å². The van der Waals surface area contributed by atoms with Crippen molar-refractivity contribution < 1.29 is 4.92 Å². The fraction of sp³-hybridized carbons (Fsp3) is 0.579. The predicted octanol–water partition coefficient (Wildman–Crippen LogP) is 5.01. The van der Waals surface area contributed by atoms with Gasteiger partial charge in [-0.1, -0.05) is 29.8 Å². The Morgan fingerprint density at radius 3 is 2.17 bits per heavy atom. The second-order valence-corrected chi connectivity index (χ2v) is 8.42. The fourth-order valence-electron chi connectivity index (χ4n) is 5.24. The summed E-state index contributed by atoms with van der Waals surface area (Å²) in [5, 5.41) is 14.0. The van der Waals surface area contributed by atoms with E-state index >= 15 is 0 Å². The van der Waals surface area contributed by atoms with E-state index in [-0.39, 0.29) is 10.6 Å². The summed E-state index contributed by atoms with van der Waals surface area (Å²) < 4.78 is 0. The van der Waals surface area contributed by atoms with Gasteiger partial charge in [-0.2, -0.15) is 0 Å². The lowest BCUT2D eigenvalue weighted by atomic mass is 9.50. The molecule has 4 aliphatic rings. The van der Waals surface area contributed by atoms with Gasteiger partial charge in [0.25, 0.3) is 5.69 Å². The van der Waals surface area contributed by atoms with E-state index in [1.807, 2.05) is 12.1 Å². The Hall–Kier alpha value is -1.47. The van der Waals surface area contributed by atoms with Crippen molar-refractivity contribution in [2.45, 2.75) is 44.3 Å². The van der Waals surface area contributed by atoms with E-state index in [2.05, 4.69) is 11.2 Å². The van der Waals surface area contributed by atoms with Gasteiger partial charge < -0.3 is 0 Å². The van der Waals surface area contributed by atoms with Gasteiger partial charge in [0.05, 0.1) is 4.92 Å². The van der Waals surface area contributed by atoms with E-state index in [1.165, 1.54) is 38.5 Å². The van der Waals surface area contributed by atoms with Gasteiger partial charge in [-0.05, 0) is 67.1 Å². The lowest BCUT2D eigenvalue weighted by Crippen LogP contribution is -2.45. The van der Waals surface area contributed by atoms with Crippen LogP contribution in [-0.4, -0.2) is 4.92 Å². The smallest absolute Gasteiger partial charge is 0.258 e. The molecule has 120 valence electrons.